The molecule has 3 aromatic rings. The van der Waals surface area contributed by atoms with Crippen molar-refractivity contribution in [3.8, 4) is 11.8 Å². The average Bonchev–Trinajstić information content (AvgIpc) is 3.12. The molecule has 3 aromatic heterocycles. The van der Waals surface area contributed by atoms with Crippen LogP contribution in [0, 0.1) is 31.6 Å². The first-order valence-electron chi connectivity index (χ1n) is 19.4. The van der Waals surface area contributed by atoms with Crippen LogP contribution in [0.25, 0.3) is 0 Å². The highest BCUT2D eigenvalue weighted by Crippen LogP contribution is 2.44. The SMILES string of the molecule is Cc1ccc(CC2=CC(C#CCNC(=O)OC(C)(C)C)C(C)([C@H]3CCC[C@@H](c4ncccc4C)N3C)N=C2)nc1[C@@H]1CCC[C@H](c2ncccc2Br)N1C. The summed E-state index contributed by atoms with van der Waals surface area (Å²) in [4.78, 5) is 37.6. The molecule has 6 heterocycles. The number of nitrogens with one attached hydrogen (secondary N) is 1. The van der Waals surface area contributed by atoms with Gasteiger partial charge in [0.25, 0.3) is 0 Å². The van der Waals surface area contributed by atoms with Crippen LogP contribution in [0.5, 0.6) is 0 Å². The van der Waals surface area contributed by atoms with E-state index in [9.17, 15) is 4.79 Å². The number of aliphatic imine (C=N–C) groups is 1. The van der Waals surface area contributed by atoms with Gasteiger partial charge in [-0.3, -0.25) is 29.7 Å². The number of rotatable bonds is 7. The third-order valence-electron chi connectivity index (χ3n) is 11.4. The number of pyridine rings is 3. The molecule has 9 nitrogen and oxygen atoms in total. The maximum Gasteiger partial charge on any atom is 0.408 e. The van der Waals surface area contributed by atoms with Gasteiger partial charge in [0.15, 0.2) is 0 Å². The fourth-order valence-electron chi connectivity index (χ4n) is 8.58. The maximum atomic E-state index is 12.4. The highest BCUT2D eigenvalue weighted by Gasteiger charge is 2.46. The lowest BCUT2D eigenvalue weighted by molar-refractivity contribution is 0.0533. The molecule has 0 aliphatic carbocycles. The lowest BCUT2D eigenvalue weighted by atomic mass is 9.72. The van der Waals surface area contributed by atoms with Crippen LogP contribution < -0.4 is 5.32 Å². The molecule has 10 heteroatoms. The second-order valence-corrected chi connectivity index (χ2v) is 17.2. The van der Waals surface area contributed by atoms with E-state index in [0.29, 0.717) is 6.42 Å². The van der Waals surface area contributed by atoms with E-state index in [1.807, 2.05) is 45.3 Å². The first kappa shape index (κ1) is 39.8. The molecule has 0 saturated carbocycles. The summed E-state index contributed by atoms with van der Waals surface area (Å²) in [5.74, 6) is 6.63. The predicted octanol–water partition coefficient (Wildman–Crippen LogP) is 8.83. The van der Waals surface area contributed by atoms with Gasteiger partial charge >= 0.3 is 6.09 Å². The average molecular weight is 795 g/mol. The number of amides is 1. The fourth-order valence-corrected chi connectivity index (χ4v) is 9.10. The lowest BCUT2D eigenvalue weighted by Gasteiger charge is -2.49. The van der Waals surface area contributed by atoms with E-state index in [1.54, 1.807) is 0 Å². The number of nitrogens with zero attached hydrogens (tertiary/aromatic N) is 6. The van der Waals surface area contributed by atoms with E-state index < -0.39 is 17.2 Å². The van der Waals surface area contributed by atoms with Crippen molar-refractivity contribution in [2.45, 2.75) is 122 Å². The number of alkyl carbamates (subject to hydrolysis) is 1. The minimum atomic E-state index is -0.575. The van der Waals surface area contributed by atoms with Crippen LogP contribution in [0.2, 0.25) is 0 Å². The van der Waals surface area contributed by atoms with Crippen molar-refractivity contribution in [1.82, 2.24) is 30.1 Å². The Balaban J connectivity index is 1.26. The summed E-state index contributed by atoms with van der Waals surface area (Å²) in [7, 11) is 4.43. The van der Waals surface area contributed by atoms with Crippen LogP contribution in [-0.4, -0.2) is 74.9 Å². The van der Waals surface area contributed by atoms with Gasteiger partial charge in [0.2, 0.25) is 0 Å². The third kappa shape index (κ3) is 8.96. The quantitative estimate of drug-likeness (QED) is 0.239. The number of halogens is 1. The topological polar surface area (TPSA) is 95.8 Å². The Hall–Kier alpha value is -3.91. The number of hydrogen-bond acceptors (Lipinski definition) is 8. The molecule has 3 aliphatic heterocycles. The Morgan fingerprint density at radius 3 is 2.28 bits per heavy atom. The predicted molar refractivity (Wildman–Crippen MR) is 219 cm³/mol. The zero-order valence-corrected chi connectivity index (χ0v) is 34.8. The maximum absolute atomic E-state index is 12.4. The van der Waals surface area contributed by atoms with Crippen LogP contribution in [0.3, 0.4) is 0 Å². The Kier molecular flexibility index (Phi) is 12.4. The molecular formula is C44H56BrN7O2. The largest absolute Gasteiger partial charge is 0.444 e. The number of carbonyl (C=O) groups excluding carboxylic acids is 1. The van der Waals surface area contributed by atoms with Crippen molar-refractivity contribution >= 4 is 28.2 Å². The molecule has 2 unspecified atom stereocenters. The summed E-state index contributed by atoms with van der Waals surface area (Å²) < 4.78 is 6.50. The Morgan fingerprint density at radius 2 is 1.57 bits per heavy atom. The Labute approximate surface area is 330 Å². The molecule has 3 aliphatic rings. The molecular weight excluding hydrogens is 738 g/mol. The molecule has 0 aromatic carbocycles. The zero-order chi connectivity index (χ0) is 38.6. The molecule has 2 fully saturated rings. The van der Waals surface area contributed by atoms with E-state index in [0.717, 1.165) is 71.3 Å². The number of ether oxygens (including phenoxy) is 1. The summed E-state index contributed by atoms with van der Waals surface area (Å²) in [6, 6.07) is 13.3. The number of dihydropyridines is 1. The van der Waals surface area contributed by atoms with Crippen molar-refractivity contribution in [2.24, 2.45) is 10.9 Å². The molecule has 6 atom stereocenters. The molecule has 2 saturated heterocycles. The van der Waals surface area contributed by atoms with Crippen LogP contribution in [-0.2, 0) is 11.2 Å². The van der Waals surface area contributed by atoms with Crippen molar-refractivity contribution in [2.75, 3.05) is 20.6 Å². The minimum absolute atomic E-state index is 0.142. The van der Waals surface area contributed by atoms with Gasteiger partial charge in [0.1, 0.15) is 5.60 Å². The minimum Gasteiger partial charge on any atom is -0.444 e. The summed E-state index contributed by atoms with van der Waals surface area (Å²) in [6.45, 7) is 12.3. The summed E-state index contributed by atoms with van der Waals surface area (Å²) >= 11 is 3.75. The van der Waals surface area contributed by atoms with Gasteiger partial charge in [-0.05, 0) is 151 Å². The van der Waals surface area contributed by atoms with Crippen LogP contribution in [0.4, 0.5) is 4.79 Å². The molecule has 286 valence electrons. The van der Waals surface area contributed by atoms with Crippen molar-refractivity contribution in [3.05, 3.63) is 98.8 Å². The summed E-state index contributed by atoms with van der Waals surface area (Å²) in [6.07, 6.45) is 14.7. The number of likely N-dealkylation sites (tertiary alicyclic amines) is 2. The fraction of sp³-hybridized carbons (Fsp3) is 0.523. The first-order chi connectivity index (χ1) is 25.7. The first-order valence-corrected chi connectivity index (χ1v) is 20.2. The van der Waals surface area contributed by atoms with Gasteiger partial charge in [-0.15, -0.1) is 0 Å². The molecule has 1 N–H and O–H groups in total. The van der Waals surface area contributed by atoms with E-state index in [4.69, 9.17) is 24.7 Å². The van der Waals surface area contributed by atoms with Crippen LogP contribution in [0.15, 0.2) is 69.9 Å². The van der Waals surface area contributed by atoms with Gasteiger partial charge < -0.3 is 10.1 Å². The molecule has 6 rings (SSSR count). The Bertz CT molecular complexity index is 1940. The standard InChI is InChI=1S/C44H56BrN7O2/c1-29-14-11-23-46-39(29)35-19-10-20-38(52(35)8)44(6)32(15-12-25-48-42(53)54-43(3,4)5)26-31(28-49-44)27-33-22-21-30(2)40(50-33)36-17-9-18-37(51(36)7)41-34(45)16-13-24-47-41/h11,13-14,16,21-24,26,28,32,35-38H,9-10,17-20,25,27H2,1-8H3,(H,48,53)/t32?,35-,36-,37+,38+,44?/m0/s1. The van der Waals surface area contributed by atoms with Gasteiger partial charge in [-0.2, -0.15) is 0 Å². The second-order valence-electron chi connectivity index (χ2n) is 16.4. The lowest BCUT2D eigenvalue weighted by Crippen LogP contribution is -2.55. The van der Waals surface area contributed by atoms with Gasteiger partial charge in [0, 0.05) is 41.2 Å². The number of likely N-dealkylation sites (N-methyl/N-ethyl adjacent to an activating group) is 1. The van der Waals surface area contributed by atoms with Crippen molar-refractivity contribution in [3.63, 3.8) is 0 Å². The number of aryl methyl sites for hydroxylation is 2. The number of carbonyl (C=O) groups is 1. The molecule has 54 heavy (non-hydrogen) atoms. The van der Waals surface area contributed by atoms with E-state index >= 15 is 0 Å². The van der Waals surface area contributed by atoms with Crippen LogP contribution >= 0.6 is 15.9 Å². The van der Waals surface area contributed by atoms with E-state index in [2.05, 4.69) is 114 Å². The van der Waals surface area contributed by atoms with Crippen LogP contribution in [0.1, 0.15) is 118 Å². The van der Waals surface area contributed by atoms with E-state index in [1.165, 1.54) is 11.1 Å². The molecule has 0 bridgehead atoms. The molecule has 0 radical (unpaired) electrons. The zero-order valence-electron chi connectivity index (χ0n) is 33.2. The van der Waals surface area contributed by atoms with Gasteiger partial charge in [-0.1, -0.05) is 30.0 Å². The normalized spacial score (nSPS) is 26.4. The number of hydrogen-bond donors (Lipinski definition) is 1. The van der Waals surface area contributed by atoms with Gasteiger partial charge in [0.05, 0.1) is 53.2 Å². The highest BCUT2D eigenvalue weighted by molar-refractivity contribution is 9.10. The van der Waals surface area contributed by atoms with Crippen molar-refractivity contribution < 1.29 is 9.53 Å². The number of allylic oxidation sites excluding steroid dienone is 1. The molecule has 0 spiro atoms. The van der Waals surface area contributed by atoms with Crippen molar-refractivity contribution in [1.29, 1.82) is 0 Å². The number of piperidine rings is 2. The summed E-state index contributed by atoms with van der Waals surface area (Å²) in [5, 5.41) is 2.81. The molecule has 1 amide bonds. The smallest absolute Gasteiger partial charge is 0.408 e. The third-order valence-corrected chi connectivity index (χ3v) is 12.1. The summed E-state index contributed by atoms with van der Waals surface area (Å²) in [5.41, 5.74) is 6.80. The van der Waals surface area contributed by atoms with Gasteiger partial charge in [-0.25, -0.2) is 4.79 Å². The highest BCUT2D eigenvalue weighted by atomic mass is 79.9. The monoisotopic (exact) mass is 793 g/mol. The second kappa shape index (κ2) is 16.8. The number of aromatic nitrogens is 3. The Morgan fingerprint density at radius 1 is 0.926 bits per heavy atom. The van der Waals surface area contributed by atoms with E-state index in [-0.39, 0.29) is 36.6 Å².